The van der Waals surface area contributed by atoms with Crippen LogP contribution in [0.5, 0.6) is 5.75 Å². The van der Waals surface area contributed by atoms with E-state index in [1.54, 1.807) is 4.90 Å². The highest BCUT2D eigenvalue weighted by Crippen LogP contribution is 2.57. The van der Waals surface area contributed by atoms with E-state index in [9.17, 15) is 28.7 Å². The number of hydrogen-bond donors (Lipinski definition) is 3. The number of methoxy groups -OCH3 is 1. The van der Waals surface area contributed by atoms with Crippen LogP contribution in [0, 0.1) is 16.6 Å². The zero-order valence-corrected chi connectivity index (χ0v) is 25.8. The van der Waals surface area contributed by atoms with Crippen molar-refractivity contribution in [3.63, 3.8) is 0 Å². The summed E-state index contributed by atoms with van der Waals surface area (Å²) >= 11 is 0. The second kappa shape index (κ2) is 13.4. The number of carboxylic acid groups (broad SMARTS) is 1. The molecular weight excluding hydrogens is 611 g/mol. The number of carbonyl (C=O) groups excluding carboxylic acids is 3. The molecule has 3 fully saturated rings. The third kappa shape index (κ3) is 6.43. The van der Waals surface area contributed by atoms with Crippen LogP contribution < -0.4 is 20.7 Å². The first-order chi connectivity index (χ1) is 21.0. The maximum Gasteiger partial charge on any atom is 0.354 e. The number of carboxylic acids is 1. The number of aromatic nitrogens is 3. The molecule has 13 nitrogen and oxygen atoms in total. The minimum atomic E-state index is -1.36. The number of amides is 2. The van der Waals surface area contributed by atoms with E-state index < -0.39 is 28.8 Å². The zero-order valence-electron chi connectivity index (χ0n) is 25.0. The molecule has 2 amide bonds. The van der Waals surface area contributed by atoms with Gasteiger partial charge in [0.25, 0.3) is 11.8 Å². The molecule has 0 saturated heterocycles. The number of benzene rings is 1. The van der Waals surface area contributed by atoms with Crippen LogP contribution in [-0.2, 0) is 20.9 Å². The van der Waals surface area contributed by atoms with E-state index in [4.69, 9.17) is 15.2 Å². The van der Waals surface area contributed by atoms with E-state index in [1.807, 2.05) is 25.1 Å². The number of esters is 1. The number of nitrogens with zero attached hydrogens (tertiary/aromatic N) is 4. The van der Waals surface area contributed by atoms with Crippen LogP contribution in [0.4, 0.5) is 10.1 Å². The molecule has 242 valence electrons. The first-order valence-corrected chi connectivity index (χ1v) is 14.5. The van der Waals surface area contributed by atoms with Gasteiger partial charge in [-0.25, -0.2) is 18.7 Å². The molecule has 0 radical (unpaired) electrons. The van der Waals surface area contributed by atoms with E-state index >= 15 is 0 Å². The van der Waals surface area contributed by atoms with E-state index in [-0.39, 0.29) is 47.6 Å². The molecule has 15 heteroatoms. The lowest BCUT2D eigenvalue weighted by atomic mass is 9.53. The summed E-state index contributed by atoms with van der Waals surface area (Å²) in [7, 11) is 1.41. The van der Waals surface area contributed by atoms with Crippen molar-refractivity contribution in [3.8, 4) is 5.75 Å². The summed E-state index contributed by atoms with van der Waals surface area (Å²) in [4.78, 5) is 53.2. The van der Waals surface area contributed by atoms with Crippen molar-refractivity contribution in [2.45, 2.75) is 52.0 Å². The van der Waals surface area contributed by atoms with Gasteiger partial charge in [0.05, 0.1) is 24.4 Å². The first kappa shape index (κ1) is 33.6. The number of carbonyl (C=O) groups is 4. The van der Waals surface area contributed by atoms with Gasteiger partial charge < -0.3 is 30.5 Å². The molecular formula is C30H36ClFN6O7. The van der Waals surface area contributed by atoms with Crippen molar-refractivity contribution >= 4 is 47.5 Å². The van der Waals surface area contributed by atoms with Gasteiger partial charge in [-0.3, -0.25) is 14.4 Å². The molecule has 7 rings (SSSR count). The summed E-state index contributed by atoms with van der Waals surface area (Å²) in [5.41, 5.74) is 6.05. The van der Waals surface area contributed by atoms with Crippen LogP contribution >= 0.6 is 12.4 Å². The van der Waals surface area contributed by atoms with Gasteiger partial charge in [0, 0.05) is 25.7 Å². The van der Waals surface area contributed by atoms with E-state index in [0.29, 0.717) is 19.6 Å². The fourth-order valence-electron chi connectivity index (χ4n) is 6.34. The predicted octanol–water partition coefficient (Wildman–Crippen LogP) is 3.12. The molecule has 2 aromatic heterocycles. The summed E-state index contributed by atoms with van der Waals surface area (Å²) in [6.45, 7) is 3.59. The number of fused-ring (bicyclic) bond motifs is 5. The number of rotatable bonds is 7. The Morgan fingerprint density at radius 1 is 1.16 bits per heavy atom. The summed E-state index contributed by atoms with van der Waals surface area (Å²) in [5.74, 6) is -2.12. The first-order valence-electron chi connectivity index (χ1n) is 14.5. The minimum absolute atomic E-state index is 0. The van der Waals surface area contributed by atoms with Crippen molar-refractivity contribution in [2.24, 2.45) is 16.6 Å². The molecule has 1 aliphatic heterocycles. The number of hydrogen-bond acceptors (Lipinski definition) is 9. The number of likely N-dealkylation sites (N-methyl/N-ethyl adjacent to an activating group) is 1. The predicted molar refractivity (Wildman–Crippen MR) is 162 cm³/mol. The Morgan fingerprint density at radius 3 is 2.44 bits per heavy atom. The van der Waals surface area contributed by atoms with Gasteiger partial charge in [0.1, 0.15) is 11.4 Å². The van der Waals surface area contributed by atoms with Gasteiger partial charge in [-0.2, -0.15) is 5.10 Å². The molecule has 0 spiro atoms. The maximum absolute atomic E-state index is 13.9. The molecule has 4 N–H and O–H groups in total. The lowest BCUT2D eigenvalue weighted by Gasteiger charge is -2.51. The quantitative estimate of drug-likeness (QED) is 0.323. The normalized spacial score (nSPS) is 21.5. The smallest absolute Gasteiger partial charge is 0.354 e. The van der Waals surface area contributed by atoms with Crippen molar-refractivity contribution in [3.05, 3.63) is 53.2 Å². The SMILES string of the molecule is CCN1C(=O)COc2ccc(CN)cc21.COC(=O)C12CCC(CNC(=O)c3cc(C(=O)O)nc4c(F)cnn34)(CC1)CC2.Cl. The minimum Gasteiger partial charge on any atom is -0.482 e. The number of ether oxygens (including phenoxy) is 2. The van der Waals surface area contributed by atoms with Crippen LogP contribution in [0.1, 0.15) is 72.0 Å². The molecule has 0 atom stereocenters. The third-order valence-corrected chi connectivity index (χ3v) is 9.04. The van der Waals surface area contributed by atoms with Crippen molar-refractivity contribution in [2.75, 3.05) is 31.7 Å². The Hall–Kier alpha value is -4.30. The number of nitrogens with one attached hydrogen (secondary N) is 1. The van der Waals surface area contributed by atoms with E-state index in [2.05, 4.69) is 15.4 Å². The topological polar surface area (TPSA) is 178 Å². The summed E-state index contributed by atoms with van der Waals surface area (Å²) in [5, 5.41) is 15.8. The Balaban J connectivity index is 0.000000243. The Kier molecular flexibility index (Phi) is 9.98. The highest BCUT2D eigenvalue weighted by molar-refractivity contribution is 5.98. The highest BCUT2D eigenvalue weighted by atomic mass is 35.5. The lowest BCUT2D eigenvalue weighted by Crippen LogP contribution is -2.50. The van der Waals surface area contributed by atoms with Gasteiger partial charge in [0.15, 0.2) is 23.8 Å². The van der Waals surface area contributed by atoms with Crippen LogP contribution in [0.25, 0.3) is 5.65 Å². The van der Waals surface area contributed by atoms with Crippen LogP contribution in [0.2, 0.25) is 0 Å². The van der Waals surface area contributed by atoms with Crippen LogP contribution in [0.3, 0.4) is 0 Å². The highest BCUT2D eigenvalue weighted by Gasteiger charge is 2.53. The van der Waals surface area contributed by atoms with Crippen molar-refractivity contribution < 1.29 is 38.1 Å². The maximum atomic E-state index is 13.9. The monoisotopic (exact) mass is 646 g/mol. The molecule has 3 saturated carbocycles. The third-order valence-electron chi connectivity index (χ3n) is 9.04. The molecule has 0 unspecified atom stereocenters. The standard InChI is InChI=1S/C19H21FN4O5.C11H14N2O2.ClH/c1-29-17(28)19-5-2-18(3-6-19,4-7-19)10-21-15(25)13-8-12(16(26)27)23-14-11(20)9-22-24(13)14;1-2-13-9-5-8(6-12)3-4-10(9)15-7-11(13)14;/h8-9H,2-7,10H2,1H3,(H,21,25)(H,26,27);3-5H,2,6-7,12H2,1H3;1H. The summed E-state index contributed by atoms with van der Waals surface area (Å²) < 4.78 is 25.2. The fraction of sp³-hybridized carbons (Fsp3) is 0.467. The molecule has 3 aliphatic carbocycles. The van der Waals surface area contributed by atoms with Gasteiger partial charge in [-0.05, 0) is 68.6 Å². The Morgan fingerprint density at radius 2 is 1.84 bits per heavy atom. The van der Waals surface area contributed by atoms with Crippen molar-refractivity contribution in [1.29, 1.82) is 0 Å². The lowest BCUT2D eigenvalue weighted by molar-refractivity contribution is -0.162. The van der Waals surface area contributed by atoms with Gasteiger partial charge in [0.2, 0.25) is 0 Å². The molecule has 3 heterocycles. The van der Waals surface area contributed by atoms with Gasteiger partial charge in [-0.1, -0.05) is 6.07 Å². The second-order valence-electron chi connectivity index (χ2n) is 11.4. The second-order valence-corrected chi connectivity index (χ2v) is 11.4. The van der Waals surface area contributed by atoms with Gasteiger partial charge in [-0.15, -0.1) is 12.4 Å². The van der Waals surface area contributed by atoms with Gasteiger partial charge >= 0.3 is 11.9 Å². The average molecular weight is 647 g/mol. The Bertz CT molecular complexity index is 1600. The number of halogens is 2. The zero-order chi connectivity index (χ0) is 31.6. The van der Waals surface area contributed by atoms with E-state index in [0.717, 1.165) is 72.3 Å². The summed E-state index contributed by atoms with van der Waals surface area (Å²) in [6, 6.07) is 6.78. The van der Waals surface area contributed by atoms with Crippen LogP contribution in [0.15, 0.2) is 30.5 Å². The average Bonchev–Trinajstić information content (AvgIpc) is 3.43. The molecule has 2 bridgehead atoms. The van der Waals surface area contributed by atoms with Crippen LogP contribution in [-0.4, -0.2) is 70.3 Å². The molecule has 1 aromatic carbocycles. The van der Waals surface area contributed by atoms with Crippen molar-refractivity contribution in [1.82, 2.24) is 19.9 Å². The number of nitrogens with two attached hydrogens (primary N) is 1. The molecule has 4 aliphatic rings. The summed E-state index contributed by atoms with van der Waals surface area (Å²) in [6.07, 6.45) is 5.45. The molecule has 45 heavy (non-hydrogen) atoms. The van der Waals surface area contributed by atoms with E-state index in [1.165, 1.54) is 7.11 Å². The number of aromatic carboxylic acids is 1. The Labute approximate surface area is 264 Å². The fourth-order valence-corrected chi connectivity index (χ4v) is 6.34. The largest absolute Gasteiger partial charge is 0.482 e. The molecule has 3 aromatic rings. The number of anilines is 1.